The molecular formula is C22H25F2NO3. The number of rotatable bonds is 8. The van der Waals surface area contributed by atoms with Crippen LogP contribution in [0, 0.1) is 31.4 Å². The van der Waals surface area contributed by atoms with Crippen LogP contribution in [0.5, 0.6) is 0 Å². The van der Waals surface area contributed by atoms with Gasteiger partial charge in [0.15, 0.2) is 0 Å². The zero-order chi connectivity index (χ0) is 20.7. The van der Waals surface area contributed by atoms with Gasteiger partial charge in [-0.05, 0) is 56.4 Å². The number of benzene rings is 2. The zero-order valence-electron chi connectivity index (χ0n) is 16.4. The minimum Gasteiger partial charge on any atom is -0.466 e. The molecule has 6 heteroatoms. The number of carbonyl (C=O) groups is 2. The van der Waals surface area contributed by atoms with E-state index in [1.54, 1.807) is 6.92 Å². The van der Waals surface area contributed by atoms with E-state index < -0.39 is 23.5 Å². The summed E-state index contributed by atoms with van der Waals surface area (Å²) in [5.41, 5.74) is 2.87. The smallest absolute Gasteiger partial charge is 0.309 e. The minimum absolute atomic E-state index is 0.0433. The highest BCUT2D eigenvalue weighted by molar-refractivity contribution is 5.92. The molecule has 28 heavy (non-hydrogen) atoms. The monoisotopic (exact) mass is 389 g/mol. The number of hydrogen-bond donors (Lipinski definition) is 1. The Morgan fingerprint density at radius 1 is 1.11 bits per heavy atom. The van der Waals surface area contributed by atoms with Crippen molar-refractivity contribution in [3.63, 3.8) is 0 Å². The molecule has 0 aliphatic carbocycles. The van der Waals surface area contributed by atoms with Gasteiger partial charge in [0, 0.05) is 18.2 Å². The number of hydrogen-bond acceptors (Lipinski definition) is 3. The molecule has 1 unspecified atom stereocenters. The highest BCUT2D eigenvalue weighted by Crippen LogP contribution is 2.22. The maximum Gasteiger partial charge on any atom is 0.309 e. The third kappa shape index (κ3) is 5.87. The summed E-state index contributed by atoms with van der Waals surface area (Å²) in [6, 6.07) is 8.96. The van der Waals surface area contributed by atoms with Gasteiger partial charge in [0.2, 0.25) is 5.91 Å². The van der Waals surface area contributed by atoms with E-state index >= 15 is 0 Å². The van der Waals surface area contributed by atoms with Crippen molar-refractivity contribution in [2.24, 2.45) is 5.92 Å². The molecule has 0 bridgehead atoms. The zero-order valence-corrected chi connectivity index (χ0v) is 16.4. The Hall–Kier alpha value is -2.76. The maximum absolute atomic E-state index is 14.0. The first-order valence-corrected chi connectivity index (χ1v) is 9.28. The highest BCUT2D eigenvalue weighted by atomic mass is 19.1. The topological polar surface area (TPSA) is 55.4 Å². The van der Waals surface area contributed by atoms with Crippen molar-refractivity contribution in [3.05, 3.63) is 64.7 Å². The van der Waals surface area contributed by atoms with Gasteiger partial charge in [-0.15, -0.1) is 0 Å². The molecule has 1 amide bonds. The second kappa shape index (κ2) is 9.97. The molecule has 0 spiro atoms. The van der Waals surface area contributed by atoms with Gasteiger partial charge in [0.1, 0.15) is 11.6 Å². The fourth-order valence-corrected chi connectivity index (χ4v) is 3.03. The molecule has 1 atom stereocenters. The molecule has 1 N–H and O–H groups in total. The molecule has 0 heterocycles. The van der Waals surface area contributed by atoms with Crippen LogP contribution in [0.3, 0.4) is 0 Å². The molecule has 0 saturated heterocycles. The third-order valence-corrected chi connectivity index (χ3v) is 4.57. The van der Waals surface area contributed by atoms with Crippen LogP contribution in [-0.2, 0) is 20.7 Å². The second-order valence-corrected chi connectivity index (χ2v) is 6.74. The van der Waals surface area contributed by atoms with Crippen molar-refractivity contribution in [1.82, 2.24) is 0 Å². The van der Waals surface area contributed by atoms with Gasteiger partial charge >= 0.3 is 5.97 Å². The van der Waals surface area contributed by atoms with Crippen LogP contribution in [0.4, 0.5) is 14.5 Å². The van der Waals surface area contributed by atoms with E-state index in [1.807, 2.05) is 32.0 Å². The molecule has 2 aromatic rings. The lowest BCUT2D eigenvalue weighted by Gasteiger charge is -2.17. The second-order valence-electron chi connectivity index (χ2n) is 6.74. The standard InChI is InChI=1S/C22H25F2NO3/c1-4-28-22(27)17(12-16-8-10-18(23)13-19(16)24)9-11-20(26)25-21-14(2)6-5-7-15(21)3/h5-8,10,13,17H,4,9,11-12H2,1-3H3,(H,25,26). The highest BCUT2D eigenvalue weighted by Gasteiger charge is 2.23. The summed E-state index contributed by atoms with van der Waals surface area (Å²) < 4.78 is 32.1. The van der Waals surface area contributed by atoms with Crippen LogP contribution < -0.4 is 5.32 Å². The minimum atomic E-state index is -0.714. The van der Waals surface area contributed by atoms with Crippen LogP contribution in [0.25, 0.3) is 0 Å². The quantitative estimate of drug-likeness (QED) is 0.665. The van der Waals surface area contributed by atoms with E-state index in [-0.39, 0.29) is 37.3 Å². The molecule has 2 rings (SSSR count). The van der Waals surface area contributed by atoms with Crippen molar-refractivity contribution in [2.75, 3.05) is 11.9 Å². The van der Waals surface area contributed by atoms with Gasteiger partial charge in [0.25, 0.3) is 0 Å². The molecule has 0 radical (unpaired) electrons. The van der Waals surface area contributed by atoms with Crippen molar-refractivity contribution in [1.29, 1.82) is 0 Å². The molecule has 0 aromatic heterocycles. The number of anilines is 1. The molecule has 150 valence electrons. The van der Waals surface area contributed by atoms with Crippen LogP contribution in [0.15, 0.2) is 36.4 Å². The van der Waals surface area contributed by atoms with E-state index in [2.05, 4.69) is 5.32 Å². The molecule has 2 aromatic carbocycles. The average Bonchev–Trinajstić information content (AvgIpc) is 2.63. The first-order valence-electron chi connectivity index (χ1n) is 9.28. The van der Waals surface area contributed by atoms with Gasteiger partial charge in [-0.1, -0.05) is 24.3 Å². The summed E-state index contributed by atoms with van der Waals surface area (Å²) in [4.78, 5) is 24.6. The van der Waals surface area contributed by atoms with Crippen molar-refractivity contribution in [2.45, 2.75) is 40.0 Å². The van der Waals surface area contributed by atoms with Crippen LogP contribution >= 0.6 is 0 Å². The van der Waals surface area contributed by atoms with Gasteiger partial charge in [-0.2, -0.15) is 0 Å². The van der Waals surface area contributed by atoms with E-state index in [0.29, 0.717) is 0 Å². The van der Waals surface area contributed by atoms with Crippen LogP contribution in [0.2, 0.25) is 0 Å². The van der Waals surface area contributed by atoms with Gasteiger partial charge in [-0.25, -0.2) is 8.78 Å². The molecule has 0 saturated carbocycles. The Morgan fingerprint density at radius 2 is 1.79 bits per heavy atom. The van der Waals surface area contributed by atoms with Crippen molar-refractivity contribution < 1.29 is 23.1 Å². The summed E-state index contributed by atoms with van der Waals surface area (Å²) in [6.07, 6.45) is 0.327. The maximum atomic E-state index is 14.0. The lowest BCUT2D eigenvalue weighted by atomic mass is 9.94. The lowest BCUT2D eigenvalue weighted by molar-refractivity contribution is -0.148. The summed E-state index contributed by atoms with van der Waals surface area (Å²) in [5, 5.41) is 2.87. The van der Waals surface area contributed by atoms with Gasteiger partial charge < -0.3 is 10.1 Å². The normalized spacial score (nSPS) is 11.8. The Labute approximate surface area is 163 Å². The summed E-state index contributed by atoms with van der Waals surface area (Å²) in [5.74, 6) is -2.81. The van der Waals surface area contributed by atoms with E-state index in [4.69, 9.17) is 4.74 Å². The number of ether oxygens (including phenoxy) is 1. The van der Waals surface area contributed by atoms with E-state index in [9.17, 15) is 18.4 Å². The van der Waals surface area contributed by atoms with Gasteiger partial charge in [0.05, 0.1) is 12.5 Å². The Balaban J connectivity index is 2.06. The number of aryl methyl sites for hydroxylation is 2. The lowest BCUT2D eigenvalue weighted by Crippen LogP contribution is -2.23. The number of para-hydroxylation sites is 1. The SMILES string of the molecule is CCOC(=O)C(CCC(=O)Nc1c(C)cccc1C)Cc1ccc(F)cc1F. The summed E-state index contributed by atoms with van der Waals surface area (Å²) in [7, 11) is 0. The predicted molar refractivity (Wildman–Crippen MR) is 104 cm³/mol. The van der Waals surface area contributed by atoms with Crippen LogP contribution in [-0.4, -0.2) is 18.5 Å². The number of halogens is 2. The average molecular weight is 389 g/mol. The first kappa shape index (κ1) is 21.5. The predicted octanol–water partition coefficient (Wildman–Crippen LogP) is 4.72. The van der Waals surface area contributed by atoms with Crippen LogP contribution in [0.1, 0.15) is 36.5 Å². The fourth-order valence-electron chi connectivity index (χ4n) is 3.03. The molecule has 0 aliphatic rings. The van der Waals surface area contributed by atoms with Crippen molar-refractivity contribution in [3.8, 4) is 0 Å². The molecule has 0 aliphatic heterocycles. The molecule has 0 fully saturated rings. The Morgan fingerprint density at radius 3 is 2.39 bits per heavy atom. The molecular weight excluding hydrogens is 364 g/mol. The largest absolute Gasteiger partial charge is 0.466 e. The number of carbonyl (C=O) groups excluding carboxylic acids is 2. The fraction of sp³-hybridized carbons (Fsp3) is 0.364. The summed E-state index contributed by atoms with van der Waals surface area (Å²) >= 11 is 0. The van der Waals surface area contributed by atoms with Gasteiger partial charge in [-0.3, -0.25) is 9.59 Å². The third-order valence-electron chi connectivity index (χ3n) is 4.57. The number of amides is 1. The Kier molecular flexibility index (Phi) is 7.67. The van der Waals surface area contributed by atoms with E-state index in [0.717, 1.165) is 28.9 Å². The van der Waals surface area contributed by atoms with Crippen molar-refractivity contribution >= 4 is 17.6 Å². The molecule has 4 nitrogen and oxygen atoms in total. The van der Waals surface area contributed by atoms with E-state index in [1.165, 1.54) is 6.07 Å². The first-order chi connectivity index (χ1) is 13.3. The Bertz CT molecular complexity index is 831. The number of nitrogens with one attached hydrogen (secondary N) is 1. The summed E-state index contributed by atoms with van der Waals surface area (Å²) in [6.45, 7) is 5.68. The number of esters is 1.